The van der Waals surface area contributed by atoms with Crippen LogP contribution >= 0.6 is 0 Å². The minimum Gasteiger partial charge on any atom is -0.369 e. The fourth-order valence-corrected chi connectivity index (χ4v) is 3.38. The molecule has 0 unspecified atom stereocenters. The molecular formula is C19H24F3N5O2. The smallest absolute Gasteiger partial charge is 0.369 e. The second-order valence-corrected chi connectivity index (χ2v) is 7.13. The molecular weight excluding hydrogens is 387 g/mol. The molecule has 3 rings (SSSR count). The van der Waals surface area contributed by atoms with Crippen molar-refractivity contribution < 1.29 is 13.2 Å². The van der Waals surface area contributed by atoms with Gasteiger partial charge in [-0.1, -0.05) is 6.07 Å². The lowest BCUT2D eigenvalue weighted by Crippen LogP contribution is -2.46. The van der Waals surface area contributed by atoms with E-state index < -0.39 is 23.0 Å². The third-order valence-electron chi connectivity index (χ3n) is 5.15. The van der Waals surface area contributed by atoms with Crippen LogP contribution in [-0.2, 0) is 19.8 Å². The topological polar surface area (TPSA) is 63.4 Å². The quantitative estimate of drug-likeness (QED) is 0.676. The first-order valence-electron chi connectivity index (χ1n) is 9.53. The molecule has 0 saturated carbocycles. The molecule has 1 aromatic heterocycles. The highest BCUT2D eigenvalue weighted by atomic mass is 19.4. The van der Waals surface area contributed by atoms with Crippen molar-refractivity contribution in [2.75, 3.05) is 37.6 Å². The summed E-state index contributed by atoms with van der Waals surface area (Å²) in [6, 6.07) is 5.45. The summed E-state index contributed by atoms with van der Waals surface area (Å²) in [7, 11) is 1.42. The highest BCUT2D eigenvalue weighted by Gasteiger charge is 2.31. The molecule has 29 heavy (non-hydrogen) atoms. The van der Waals surface area contributed by atoms with Gasteiger partial charge in [0.05, 0.1) is 5.56 Å². The molecule has 0 bridgehead atoms. The second-order valence-electron chi connectivity index (χ2n) is 7.13. The average molecular weight is 411 g/mol. The lowest BCUT2D eigenvalue weighted by atomic mass is 10.1. The summed E-state index contributed by atoms with van der Waals surface area (Å²) in [5, 5.41) is 3.86. The minimum absolute atomic E-state index is 0.424. The Morgan fingerprint density at radius 1 is 1.03 bits per heavy atom. The van der Waals surface area contributed by atoms with Gasteiger partial charge in [-0.2, -0.15) is 18.3 Å². The number of hydrogen-bond acceptors (Lipinski definition) is 5. The monoisotopic (exact) mass is 411 g/mol. The van der Waals surface area contributed by atoms with E-state index in [4.69, 9.17) is 0 Å². The van der Waals surface area contributed by atoms with E-state index in [1.54, 1.807) is 6.07 Å². The van der Waals surface area contributed by atoms with Crippen LogP contribution in [0.3, 0.4) is 0 Å². The zero-order chi connectivity index (χ0) is 21.0. The van der Waals surface area contributed by atoms with Crippen molar-refractivity contribution in [3.05, 3.63) is 56.9 Å². The maximum atomic E-state index is 12.9. The first kappa shape index (κ1) is 21.1. The Balaban J connectivity index is 1.44. The predicted molar refractivity (Wildman–Crippen MR) is 103 cm³/mol. The van der Waals surface area contributed by atoms with Crippen molar-refractivity contribution in [2.24, 2.45) is 7.05 Å². The number of benzene rings is 1. The average Bonchev–Trinajstić information content (AvgIpc) is 2.71. The van der Waals surface area contributed by atoms with Crippen molar-refractivity contribution in [3.63, 3.8) is 0 Å². The van der Waals surface area contributed by atoms with Crippen molar-refractivity contribution in [2.45, 2.75) is 25.6 Å². The van der Waals surface area contributed by atoms with E-state index in [1.165, 1.54) is 23.9 Å². The van der Waals surface area contributed by atoms with Crippen LogP contribution in [0.1, 0.15) is 18.4 Å². The fourth-order valence-electron chi connectivity index (χ4n) is 3.38. The number of aryl methyl sites for hydroxylation is 1. The van der Waals surface area contributed by atoms with Crippen LogP contribution in [0.5, 0.6) is 0 Å². The number of halogens is 3. The van der Waals surface area contributed by atoms with Crippen molar-refractivity contribution in [1.29, 1.82) is 0 Å². The van der Waals surface area contributed by atoms with E-state index >= 15 is 0 Å². The van der Waals surface area contributed by atoms with Gasteiger partial charge in [-0.15, -0.1) is 0 Å². The molecule has 1 fully saturated rings. The van der Waals surface area contributed by atoms with Gasteiger partial charge in [0.1, 0.15) is 6.20 Å². The highest BCUT2D eigenvalue weighted by molar-refractivity contribution is 5.49. The summed E-state index contributed by atoms with van der Waals surface area (Å²) >= 11 is 0. The first-order chi connectivity index (χ1) is 13.8. The minimum atomic E-state index is -4.33. The van der Waals surface area contributed by atoms with Crippen LogP contribution in [-0.4, -0.2) is 52.0 Å². The van der Waals surface area contributed by atoms with Gasteiger partial charge < -0.3 is 4.90 Å². The number of hydrogen-bond donors (Lipinski definition) is 0. The molecule has 0 spiro atoms. The van der Waals surface area contributed by atoms with Gasteiger partial charge in [-0.05, 0) is 37.6 Å². The Morgan fingerprint density at radius 3 is 2.41 bits per heavy atom. The predicted octanol–water partition coefficient (Wildman–Crippen LogP) is 1.56. The molecule has 1 aromatic carbocycles. The molecule has 1 aliphatic heterocycles. The molecule has 0 aliphatic carbocycles. The maximum Gasteiger partial charge on any atom is 0.416 e. The van der Waals surface area contributed by atoms with Gasteiger partial charge >= 0.3 is 11.9 Å². The summed E-state index contributed by atoms with van der Waals surface area (Å²) in [6.07, 6.45) is -1.59. The van der Waals surface area contributed by atoms with Gasteiger partial charge in [0.15, 0.2) is 0 Å². The molecule has 1 saturated heterocycles. The molecule has 0 amide bonds. The van der Waals surface area contributed by atoms with Crippen LogP contribution in [0.2, 0.25) is 0 Å². The van der Waals surface area contributed by atoms with Crippen LogP contribution in [0.15, 0.2) is 40.1 Å². The Morgan fingerprint density at radius 2 is 1.72 bits per heavy atom. The van der Waals surface area contributed by atoms with Crippen LogP contribution < -0.4 is 16.1 Å². The molecule has 0 atom stereocenters. The first-order valence-corrected chi connectivity index (χ1v) is 9.53. The summed E-state index contributed by atoms with van der Waals surface area (Å²) in [5.74, 6) is 0. The van der Waals surface area contributed by atoms with Gasteiger partial charge in [0.25, 0.3) is 5.56 Å². The Hall–Kier alpha value is -2.62. The van der Waals surface area contributed by atoms with Gasteiger partial charge in [-0.3, -0.25) is 14.3 Å². The van der Waals surface area contributed by atoms with Crippen molar-refractivity contribution in [1.82, 2.24) is 19.2 Å². The normalized spacial score (nSPS) is 15.7. The third kappa shape index (κ3) is 5.26. The van der Waals surface area contributed by atoms with Crippen molar-refractivity contribution >= 4 is 5.69 Å². The number of anilines is 1. The van der Waals surface area contributed by atoms with Gasteiger partial charge in [0, 0.05) is 45.5 Å². The summed E-state index contributed by atoms with van der Waals surface area (Å²) in [6.45, 7) is 4.17. The van der Waals surface area contributed by atoms with Crippen LogP contribution in [0.25, 0.3) is 0 Å². The molecule has 0 N–H and O–H groups in total. The number of aromatic nitrogens is 3. The van der Waals surface area contributed by atoms with E-state index in [0.717, 1.165) is 49.3 Å². The van der Waals surface area contributed by atoms with Crippen LogP contribution in [0, 0.1) is 0 Å². The third-order valence-corrected chi connectivity index (χ3v) is 5.15. The molecule has 10 heteroatoms. The van der Waals surface area contributed by atoms with E-state index in [9.17, 15) is 22.8 Å². The number of alkyl halides is 3. The summed E-state index contributed by atoms with van der Waals surface area (Å²) in [5.41, 5.74) is -0.878. The SMILES string of the molecule is Cn1c(=O)cnn(CCCCN2CCN(c3cccc(C(F)(F)F)c3)CC2)c1=O. The molecule has 158 valence electrons. The number of nitrogens with zero attached hydrogens (tertiary/aromatic N) is 5. The zero-order valence-electron chi connectivity index (χ0n) is 16.2. The summed E-state index contributed by atoms with van der Waals surface area (Å²) < 4.78 is 41.0. The Bertz CT molecular complexity index is 946. The van der Waals surface area contributed by atoms with E-state index in [1.807, 2.05) is 4.90 Å². The van der Waals surface area contributed by atoms with E-state index in [-0.39, 0.29) is 0 Å². The lowest BCUT2D eigenvalue weighted by Gasteiger charge is -2.36. The van der Waals surface area contributed by atoms with Crippen molar-refractivity contribution in [3.8, 4) is 0 Å². The summed E-state index contributed by atoms with van der Waals surface area (Å²) in [4.78, 5) is 27.5. The number of piperazine rings is 1. The number of rotatable bonds is 6. The maximum absolute atomic E-state index is 12.9. The van der Waals surface area contributed by atoms with Gasteiger partial charge in [0.2, 0.25) is 0 Å². The molecule has 0 radical (unpaired) electrons. The number of unbranched alkanes of at least 4 members (excludes halogenated alkanes) is 1. The van der Waals surface area contributed by atoms with E-state index in [0.29, 0.717) is 25.3 Å². The Labute approximate surface area is 166 Å². The molecule has 1 aliphatic rings. The van der Waals surface area contributed by atoms with Crippen LogP contribution in [0.4, 0.5) is 18.9 Å². The largest absolute Gasteiger partial charge is 0.416 e. The fraction of sp³-hybridized carbons (Fsp3) is 0.526. The molecule has 7 nitrogen and oxygen atoms in total. The molecule has 2 heterocycles. The standard InChI is InChI=1S/C19H24F3N5O2/c1-24-17(28)14-23-27(18(24)29)8-3-2-7-25-9-11-26(12-10-25)16-6-4-5-15(13-16)19(20,21)22/h4-6,13-14H,2-3,7-12H2,1H3. The molecule has 2 aromatic rings. The van der Waals surface area contributed by atoms with Gasteiger partial charge in [-0.25, -0.2) is 9.48 Å². The highest BCUT2D eigenvalue weighted by Crippen LogP contribution is 2.31. The Kier molecular flexibility index (Phi) is 6.41. The zero-order valence-corrected chi connectivity index (χ0v) is 16.2. The second kappa shape index (κ2) is 8.81. The van der Waals surface area contributed by atoms with E-state index in [2.05, 4.69) is 10.00 Å². The lowest BCUT2D eigenvalue weighted by molar-refractivity contribution is -0.137.